The SMILES string of the molecule is CC1=Nc2ccccc2/C1=C/c1c(O)n(-c2ccc(C)c(C)c2)c(=O)[nH]c1=O. The Balaban J connectivity index is 1.95. The molecule has 1 aliphatic heterocycles. The smallest absolute Gasteiger partial charge is 0.335 e. The summed E-state index contributed by atoms with van der Waals surface area (Å²) < 4.78 is 1.10. The minimum absolute atomic E-state index is 0.0130. The fraction of sp³-hybridized carbons (Fsp3) is 0.136. The van der Waals surface area contributed by atoms with Gasteiger partial charge in [0.25, 0.3) is 5.56 Å². The predicted molar refractivity (Wildman–Crippen MR) is 111 cm³/mol. The van der Waals surface area contributed by atoms with Crippen molar-refractivity contribution < 1.29 is 5.11 Å². The molecule has 1 aromatic heterocycles. The number of nitrogens with zero attached hydrogens (tertiary/aromatic N) is 2. The largest absolute Gasteiger partial charge is 0.494 e. The molecule has 0 amide bonds. The van der Waals surface area contributed by atoms with Crippen LogP contribution in [-0.4, -0.2) is 20.4 Å². The number of hydrogen-bond acceptors (Lipinski definition) is 4. The number of benzene rings is 2. The molecular formula is C22H19N3O3. The van der Waals surface area contributed by atoms with Crippen LogP contribution in [0.2, 0.25) is 0 Å². The highest BCUT2D eigenvalue weighted by molar-refractivity contribution is 6.31. The number of para-hydroxylation sites is 1. The van der Waals surface area contributed by atoms with Gasteiger partial charge in [-0.2, -0.15) is 0 Å². The molecule has 0 radical (unpaired) electrons. The summed E-state index contributed by atoms with van der Waals surface area (Å²) in [5.74, 6) is -0.401. The Kier molecular flexibility index (Phi) is 4.11. The first-order valence-electron chi connectivity index (χ1n) is 8.89. The molecule has 0 fully saturated rings. The molecule has 0 bridgehead atoms. The Morgan fingerprint density at radius 3 is 2.54 bits per heavy atom. The average molecular weight is 373 g/mol. The van der Waals surface area contributed by atoms with Gasteiger partial charge in [0.1, 0.15) is 5.56 Å². The van der Waals surface area contributed by atoms with Gasteiger partial charge in [-0.1, -0.05) is 24.3 Å². The maximum absolute atomic E-state index is 12.5. The lowest BCUT2D eigenvalue weighted by atomic mass is 10.0. The Morgan fingerprint density at radius 1 is 1.04 bits per heavy atom. The number of allylic oxidation sites excluding steroid dienone is 1. The van der Waals surface area contributed by atoms with Crippen molar-refractivity contribution in [3.8, 4) is 11.6 Å². The molecule has 2 N–H and O–H groups in total. The Bertz CT molecular complexity index is 1290. The van der Waals surface area contributed by atoms with Gasteiger partial charge in [0.2, 0.25) is 5.88 Å². The second kappa shape index (κ2) is 6.49. The summed E-state index contributed by atoms with van der Waals surface area (Å²) in [6.07, 6.45) is 1.58. The Labute approximate surface area is 161 Å². The fourth-order valence-corrected chi connectivity index (χ4v) is 3.33. The van der Waals surface area contributed by atoms with E-state index in [-0.39, 0.29) is 5.56 Å². The summed E-state index contributed by atoms with van der Waals surface area (Å²) in [6.45, 7) is 5.73. The van der Waals surface area contributed by atoms with Gasteiger partial charge >= 0.3 is 5.69 Å². The van der Waals surface area contributed by atoms with Crippen LogP contribution < -0.4 is 11.2 Å². The molecule has 0 saturated heterocycles. The van der Waals surface area contributed by atoms with Gasteiger partial charge in [0.05, 0.1) is 11.4 Å². The minimum Gasteiger partial charge on any atom is -0.494 e. The molecule has 28 heavy (non-hydrogen) atoms. The minimum atomic E-state index is -0.690. The van der Waals surface area contributed by atoms with E-state index in [4.69, 9.17) is 0 Å². The van der Waals surface area contributed by atoms with Crippen LogP contribution in [0.15, 0.2) is 57.0 Å². The van der Waals surface area contributed by atoms with E-state index in [1.54, 1.807) is 18.2 Å². The van der Waals surface area contributed by atoms with Crippen molar-refractivity contribution in [2.24, 2.45) is 4.99 Å². The van der Waals surface area contributed by atoms with Crippen LogP contribution in [0.3, 0.4) is 0 Å². The third kappa shape index (κ3) is 2.79. The Hall–Kier alpha value is -3.67. The molecule has 0 aliphatic carbocycles. The van der Waals surface area contributed by atoms with Gasteiger partial charge in [-0.25, -0.2) is 9.36 Å². The maximum Gasteiger partial charge on any atom is 0.335 e. The summed E-state index contributed by atoms with van der Waals surface area (Å²) in [6, 6.07) is 13.0. The number of aromatic nitrogens is 2. The zero-order chi connectivity index (χ0) is 20.0. The van der Waals surface area contributed by atoms with E-state index in [1.807, 2.05) is 51.1 Å². The molecule has 6 heteroatoms. The maximum atomic E-state index is 12.5. The third-order valence-electron chi connectivity index (χ3n) is 5.03. The van der Waals surface area contributed by atoms with Crippen LogP contribution >= 0.6 is 0 Å². The summed E-state index contributed by atoms with van der Waals surface area (Å²) >= 11 is 0. The zero-order valence-corrected chi connectivity index (χ0v) is 15.8. The van der Waals surface area contributed by atoms with Gasteiger partial charge in [-0.3, -0.25) is 14.8 Å². The van der Waals surface area contributed by atoms with E-state index < -0.39 is 17.1 Å². The third-order valence-corrected chi connectivity index (χ3v) is 5.03. The number of aryl methyl sites for hydroxylation is 2. The summed E-state index contributed by atoms with van der Waals surface area (Å²) in [5.41, 5.74) is 4.37. The van der Waals surface area contributed by atoms with Gasteiger partial charge in [-0.05, 0) is 56.2 Å². The quantitative estimate of drug-likeness (QED) is 0.721. The van der Waals surface area contributed by atoms with Crippen molar-refractivity contribution in [1.29, 1.82) is 0 Å². The number of fused-ring (bicyclic) bond motifs is 1. The summed E-state index contributed by atoms with van der Waals surface area (Å²) in [4.78, 5) is 31.7. The van der Waals surface area contributed by atoms with Gasteiger partial charge in [-0.15, -0.1) is 0 Å². The van der Waals surface area contributed by atoms with E-state index in [2.05, 4.69) is 9.98 Å². The topological polar surface area (TPSA) is 87.4 Å². The van der Waals surface area contributed by atoms with Crippen molar-refractivity contribution in [3.63, 3.8) is 0 Å². The zero-order valence-electron chi connectivity index (χ0n) is 15.8. The Morgan fingerprint density at radius 2 is 1.79 bits per heavy atom. The molecule has 2 heterocycles. The van der Waals surface area contributed by atoms with Crippen molar-refractivity contribution in [2.75, 3.05) is 0 Å². The van der Waals surface area contributed by atoms with Crippen LogP contribution in [0.25, 0.3) is 17.3 Å². The first-order valence-corrected chi connectivity index (χ1v) is 8.89. The van der Waals surface area contributed by atoms with E-state index in [9.17, 15) is 14.7 Å². The predicted octanol–water partition coefficient (Wildman–Crippen LogP) is 3.49. The fourth-order valence-electron chi connectivity index (χ4n) is 3.33. The second-order valence-corrected chi connectivity index (χ2v) is 6.87. The number of H-pyrrole nitrogens is 1. The lowest BCUT2D eigenvalue weighted by Crippen LogP contribution is -2.30. The standard InChI is InChI=1S/C22H19N3O3/c1-12-8-9-15(10-13(12)2)25-21(27)18(20(26)24-22(25)28)11-17-14(3)23-19-7-5-4-6-16(17)19/h4-11,27H,1-3H3,(H,24,26,28)/b17-11+. The molecular weight excluding hydrogens is 354 g/mol. The molecule has 1 aliphatic rings. The van der Waals surface area contributed by atoms with Crippen LogP contribution in [0.4, 0.5) is 5.69 Å². The van der Waals surface area contributed by atoms with Crippen molar-refractivity contribution in [1.82, 2.24) is 9.55 Å². The van der Waals surface area contributed by atoms with Gasteiger partial charge < -0.3 is 5.11 Å². The monoisotopic (exact) mass is 373 g/mol. The molecule has 0 saturated carbocycles. The van der Waals surface area contributed by atoms with Crippen molar-refractivity contribution in [2.45, 2.75) is 20.8 Å². The molecule has 0 unspecified atom stereocenters. The van der Waals surface area contributed by atoms with E-state index in [0.717, 1.165) is 38.2 Å². The van der Waals surface area contributed by atoms with Crippen molar-refractivity contribution in [3.05, 3.63) is 85.6 Å². The van der Waals surface area contributed by atoms with Gasteiger partial charge in [0.15, 0.2) is 0 Å². The van der Waals surface area contributed by atoms with E-state index in [1.165, 1.54) is 0 Å². The first-order chi connectivity index (χ1) is 13.4. The molecule has 140 valence electrons. The van der Waals surface area contributed by atoms with Crippen LogP contribution in [-0.2, 0) is 0 Å². The average Bonchev–Trinajstić information content (AvgIpc) is 2.96. The second-order valence-electron chi connectivity index (χ2n) is 6.87. The van der Waals surface area contributed by atoms with Gasteiger partial charge in [0, 0.05) is 16.8 Å². The summed E-state index contributed by atoms with van der Waals surface area (Å²) in [5, 5.41) is 10.8. The number of hydrogen-bond donors (Lipinski definition) is 2. The summed E-state index contributed by atoms with van der Waals surface area (Å²) in [7, 11) is 0. The highest BCUT2D eigenvalue weighted by Crippen LogP contribution is 2.36. The molecule has 3 aromatic rings. The lowest BCUT2D eigenvalue weighted by Gasteiger charge is -2.12. The molecule has 0 spiro atoms. The van der Waals surface area contributed by atoms with Crippen LogP contribution in [0.5, 0.6) is 5.88 Å². The molecule has 2 aromatic carbocycles. The van der Waals surface area contributed by atoms with Crippen LogP contribution in [0.1, 0.15) is 29.2 Å². The first kappa shape index (κ1) is 17.7. The number of rotatable bonds is 2. The lowest BCUT2D eigenvalue weighted by molar-refractivity contribution is 0.429. The number of aromatic amines is 1. The molecule has 4 rings (SSSR count). The van der Waals surface area contributed by atoms with E-state index in [0.29, 0.717) is 5.69 Å². The number of aliphatic imine (C=N–C) groups is 1. The number of aromatic hydroxyl groups is 1. The highest BCUT2D eigenvalue weighted by Gasteiger charge is 2.20. The molecule has 0 atom stereocenters. The van der Waals surface area contributed by atoms with Crippen LogP contribution in [0, 0.1) is 13.8 Å². The van der Waals surface area contributed by atoms with E-state index >= 15 is 0 Å². The van der Waals surface area contributed by atoms with Crippen molar-refractivity contribution >= 4 is 23.0 Å². The highest BCUT2D eigenvalue weighted by atomic mass is 16.3. The normalized spacial score (nSPS) is 14.2. The number of nitrogens with one attached hydrogen (secondary N) is 1. The molecule has 6 nitrogen and oxygen atoms in total.